The quantitative estimate of drug-likeness (QED) is 0.857. The van der Waals surface area contributed by atoms with Gasteiger partial charge in [0.15, 0.2) is 0 Å². The van der Waals surface area contributed by atoms with E-state index in [0.717, 1.165) is 32.0 Å². The van der Waals surface area contributed by atoms with E-state index >= 15 is 0 Å². The van der Waals surface area contributed by atoms with Gasteiger partial charge in [0.2, 0.25) is 0 Å². The minimum Gasteiger partial charge on any atom is -0.307 e. The fraction of sp³-hybridized carbons (Fsp3) is 0.647. The number of unbranched alkanes of at least 4 members (excludes halogenated alkanes) is 1. The van der Waals surface area contributed by atoms with Crippen LogP contribution in [0.15, 0.2) is 18.2 Å². The summed E-state index contributed by atoms with van der Waals surface area (Å²) < 4.78 is 26.7. The fourth-order valence-corrected chi connectivity index (χ4v) is 3.00. The van der Waals surface area contributed by atoms with E-state index in [9.17, 15) is 8.78 Å². The van der Waals surface area contributed by atoms with Crippen LogP contribution in [0.5, 0.6) is 0 Å². The number of piperidine rings is 1. The molecule has 0 radical (unpaired) electrons. The SMILES string of the molecule is CCCCN1CCC(NC(C)c2ccc(F)cc2F)CC1. The molecule has 0 bridgehead atoms. The highest BCUT2D eigenvalue weighted by molar-refractivity contribution is 5.21. The first-order valence-electron chi connectivity index (χ1n) is 8.03. The van der Waals surface area contributed by atoms with Crippen LogP contribution < -0.4 is 5.32 Å². The monoisotopic (exact) mass is 296 g/mol. The van der Waals surface area contributed by atoms with Crippen molar-refractivity contribution in [3.63, 3.8) is 0 Å². The lowest BCUT2D eigenvalue weighted by Gasteiger charge is -2.34. The van der Waals surface area contributed by atoms with E-state index in [2.05, 4.69) is 17.1 Å². The normalized spacial score (nSPS) is 18.9. The highest BCUT2D eigenvalue weighted by Crippen LogP contribution is 2.20. The van der Waals surface area contributed by atoms with Crippen molar-refractivity contribution in [3.8, 4) is 0 Å². The molecule has 118 valence electrons. The Labute approximate surface area is 126 Å². The van der Waals surface area contributed by atoms with E-state index in [1.165, 1.54) is 25.5 Å². The van der Waals surface area contributed by atoms with Crippen LogP contribution in [0.4, 0.5) is 8.78 Å². The molecule has 21 heavy (non-hydrogen) atoms. The summed E-state index contributed by atoms with van der Waals surface area (Å²) in [5.41, 5.74) is 0.546. The van der Waals surface area contributed by atoms with Crippen LogP contribution in [0, 0.1) is 11.6 Å². The molecule has 1 aliphatic heterocycles. The van der Waals surface area contributed by atoms with Crippen LogP contribution in [0.3, 0.4) is 0 Å². The molecule has 1 heterocycles. The highest BCUT2D eigenvalue weighted by atomic mass is 19.1. The summed E-state index contributed by atoms with van der Waals surface area (Å²) in [6, 6.07) is 4.16. The van der Waals surface area contributed by atoms with E-state index in [1.54, 1.807) is 6.07 Å². The van der Waals surface area contributed by atoms with E-state index < -0.39 is 11.6 Å². The minimum absolute atomic E-state index is 0.0854. The number of nitrogens with one attached hydrogen (secondary N) is 1. The van der Waals surface area contributed by atoms with Crippen LogP contribution in [0.25, 0.3) is 0 Å². The van der Waals surface area contributed by atoms with Gasteiger partial charge >= 0.3 is 0 Å². The number of benzene rings is 1. The molecular weight excluding hydrogens is 270 g/mol. The van der Waals surface area contributed by atoms with Crippen molar-refractivity contribution >= 4 is 0 Å². The first kappa shape index (κ1) is 16.4. The predicted molar refractivity (Wildman–Crippen MR) is 82.3 cm³/mol. The topological polar surface area (TPSA) is 15.3 Å². The molecule has 1 aromatic rings. The van der Waals surface area contributed by atoms with Gasteiger partial charge in [-0.15, -0.1) is 0 Å². The summed E-state index contributed by atoms with van der Waals surface area (Å²) in [4.78, 5) is 2.50. The van der Waals surface area contributed by atoms with Gasteiger partial charge in [-0.25, -0.2) is 8.78 Å². The number of halogens is 2. The number of likely N-dealkylation sites (tertiary alicyclic amines) is 1. The molecule has 1 saturated heterocycles. The summed E-state index contributed by atoms with van der Waals surface area (Å²) in [7, 11) is 0. The standard InChI is InChI=1S/C17H26F2N2/c1-3-4-9-21-10-7-15(8-11-21)20-13(2)16-6-5-14(18)12-17(16)19/h5-6,12-13,15,20H,3-4,7-11H2,1-2H3. The molecule has 0 aliphatic carbocycles. The molecule has 1 unspecified atom stereocenters. The van der Waals surface area contributed by atoms with E-state index in [-0.39, 0.29) is 6.04 Å². The molecule has 4 heteroatoms. The van der Waals surface area contributed by atoms with Crippen molar-refractivity contribution in [2.75, 3.05) is 19.6 Å². The van der Waals surface area contributed by atoms with Crippen LogP contribution >= 0.6 is 0 Å². The Morgan fingerprint density at radius 1 is 1.29 bits per heavy atom. The minimum atomic E-state index is -0.521. The van der Waals surface area contributed by atoms with Gasteiger partial charge in [0.25, 0.3) is 0 Å². The van der Waals surface area contributed by atoms with E-state index in [0.29, 0.717) is 11.6 Å². The molecular formula is C17H26F2N2. The Morgan fingerprint density at radius 2 is 2.00 bits per heavy atom. The van der Waals surface area contributed by atoms with Gasteiger partial charge in [-0.3, -0.25) is 0 Å². The smallest absolute Gasteiger partial charge is 0.130 e. The van der Waals surface area contributed by atoms with Gasteiger partial charge in [0, 0.05) is 23.7 Å². The second-order valence-electron chi connectivity index (χ2n) is 6.02. The van der Waals surface area contributed by atoms with Crippen molar-refractivity contribution in [1.29, 1.82) is 0 Å². The average molecular weight is 296 g/mol. The van der Waals surface area contributed by atoms with Gasteiger partial charge in [-0.1, -0.05) is 19.4 Å². The largest absolute Gasteiger partial charge is 0.307 e. The maximum absolute atomic E-state index is 13.8. The van der Waals surface area contributed by atoms with E-state index in [1.807, 2.05) is 6.92 Å². The Morgan fingerprint density at radius 3 is 2.62 bits per heavy atom. The Balaban J connectivity index is 1.82. The van der Waals surface area contributed by atoms with Crippen molar-refractivity contribution < 1.29 is 8.78 Å². The summed E-state index contributed by atoms with van der Waals surface area (Å²) in [6.45, 7) is 7.56. The highest BCUT2D eigenvalue weighted by Gasteiger charge is 2.21. The van der Waals surface area contributed by atoms with Crippen LogP contribution in [-0.2, 0) is 0 Å². The summed E-state index contributed by atoms with van der Waals surface area (Å²) >= 11 is 0. The lowest BCUT2D eigenvalue weighted by molar-refractivity contribution is 0.189. The van der Waals surface area contributed by atoms with Crippen LogP contribution in [0.2, 0.25) is 0 Å². The molecule has 0 aromatic heterocycles. The summed E-state index contributed by atoms with van der Waals surface area (Å²) in [6.07, 6.45) is 4.68. The second-order valence-corrected chi connectivity index (χ2v) is 6.02. The third-order valence-electron chi connectivity index (χ3n) is 4.33. The number of hydrogen-bond donors (Lipinski definition) is 1. The fourth-order valence-electron chi connectivity index (χ4n) is 3.00. The lowest BCUT2D eigenvalue weighted by atomic mass is 10.0. The zero-order valence-electron chi connectivity index (χ0n) is 13.0. The second kappa shape index (κ2) is 7.85. The molecule has 1 aliphatic rings. The van der Waals surface area contributed by atoms with Gasteiger partial charge < -0.3 is 10.2 Å². The molecule has 0 saturated carbocycles. The first-order chi connectivity index (χ1) is 10.1. The number of rotatable bonds is 6. The lowest BCUT2D eigenvalue weighted by Crippen LogP contribution is -2.43. The van der Waals surface area contributed by atoms with Crippen molar-refractivity contribution in [3.05, 3.63) is 35.4 Å². The van der Waals surface area contributed by atoms with Gasteiger partial charge in [0.1, 0.15) is 11.6 Å². The summed E-state index contributed by atoms with van der Waals surface area (Å²) in [5.74, 6) is -0.983. The molecule has 0 spiro atoms. The van der Waals surface area contributed by atoms with Gasteiger partial charge in [0.05, 0.1) is 0 Å². The van der Waals surface area contributed by atoms with Crippen LogP contribution in [0.1, 0.15) is 51.1 Å². The molecule has 0 amide bonds. The molecule has 2 nitrogen and oxygen atoms in total. The molecule has 1 aromatic carbocycles. The van der Waals surface area contributed by atoms with Crippen LogP contribution in [-0.4, -0.2) is 30.6 Å². The predicted octanol–water partition coefficient (Wildman–Crippen LogP) is 3.88. The molecule has 2 rings (SSSR count). The third-order valence-corrected chi connectivity index (χ3v) is 4.33. The van der Waals surface area contributed by atoms with Crippen molar-refractivity contribution in [2.45, 2.75) is 51.6 Å². The molecule has 1 fully saturated rings. The zero-order chi connectivity index (χ0) is 15.2. The van der Waals surface area contributed by atoms with E-state index in [4.69, 9.17) is 0 Å². The Hall–Kier alpha value is -1.00. The maximum atomic E-state index is 13.8. The maximum Gasteiger partial charge on any atom is 0.130 e. The Bertz CT molecular complexity index is 442. The van der Waals surface area contributed by atoms with Gasteiger partial charge in [-0.2, -0.15) is 0 Å². The molecule has 1 atom stereocenters. The first-order valence-corrected chi connectivity index (χ1v) is 8.03. The average Bonchev–Trinajstić information content (AvgIpc) is 2.46. The molecule has 1 N–H and O–H groups in total. The number of nitrogens with zero attached hydrogens (tertiary/aromatic N) is 1. The third kappa shape index (κ3) is 4.75. The Kier molecular flexibility index (Phi) is 6.12. The van der Waals surface area contributed by atoms with Crippen molar-refractivity contribution in [1.82, 2.24) is 10.2 Å². The van der Waals surface area contributed by atoms with Crippen molar-refractivity contribution in [2.24, 2.45) is 0 Å². The zero-order valence-corrected chi connectivity index (χ0v) is 13.0. The summed E-state index contributed by atoms with van der Waals surface area (Å²) in [5, 5.41) is 3.48. The number of hydrogen-bond acceptors (Lipinski definition) is 2. The van der Waals surface area contributed by atoms with Gasteiger partial charge in [-0.05, 0) is 51.9 Å².